The van der Waals surface area contributed by atoms with Crippen molar-refractivity contribution in [3.8, 4) is 0 Å². The van der Waals surface area contributed by atoms with Gasteiger partial charge in [-0.15, -0.1) is 0 Å². The van der Waals surface area contributed by atoms with Crippen LogP contribution in [0, 0.1) is 5.82 Å². The fourth-order valence-electron chi connectivity index (χ4n) is 1.57. The monoisotopic (exact) mass is 324 g/mol. The predicted octanol–water partition coefficient (Wildman–Crippen LogP) is 1.96. The van der Waals surface area contributed by atoms with E-state index in [0.29, 0.717) is 0 Å². The van der Waals surface area contributed by atoms with Gasteiger partial charge < -0.3 is 15.0 Å². The van der Waals surface area contributed by atoms with Crippen molar-refractivity contribution < 1.29 is 18.7 Å². The molecular weight excluding hydrogens is 315 g/mol. The summed E-state index contributed by atoms with van der Waals surface area (Å²) in [5.41, 5.74) is -0.647. The Kier molecular flexibility index (Phi) is 4.90. The summed E-state index contributed by atoms with van der Waals surface area (Å²) >= 11 is 5.75. The first-order chi connectivity index (χ1) is 10.5. The van der Waals surface area contributed by atoms with E-state index in [-0.39, 0.29) is 16.3 Å². The summed E-state index contributed by atoms with van der Waals surface area (Å²) in [6.07, 6.45) is 1.36. The molecule has 0 unspecified atom stereocenters. The highest BCUT2D eigenvalue weighted by atomic mass is 35.5. The maximum atomic E-state index is 12.9. The Morgan fingerprint density at radius 2 is 2.09 bits per heavy atom. The number of amides is 1. The first kappa shape index (κ1) is 15.7. The molecule has 1 aromatic heterocycles. The van der Waals surface area contributed by atoms with E-state index in [1.807, 2.05) is 0 Å². The van der Waals surface area contributed by atoms with E-state index < -0.39 is 29.9 Å². The molecule has 1 amide bonds. The molecule has 0 spiro atoms. The molecule has 1 aromatic carbocycles. The maximum Gasteiger partial charge on any atom is 0.344 e. The number of esters is 1. The molecule has 0 bridgehead atoms. The lowest BCUT2D eigenvalue weighted by Gasteiger charge is -2.07. The molecule has 2 aromatic rings. The van der Waals surface area contributed by atoms with E-state index in [1.54, 1.807) is 0 Å². The molecule has 0 saturated heterocycles. The Morgan fingerprint density at radius 1 is 1.32 bits per heavy atom. The van der Waals surface area contributed by atoms with Gasteiger partial charge in [0, 0.05) is 6.20 Å². The van der Waals surface area contributed by atoms with Gasteiger partial charge in [0.05, 0.1) is 10.7 Å². The van der Waals surface area contributed by atoms with Gasteiger partial charge in [0.25, 0.3) is 11.5 Å². The average Bonchev–Trinajstić information content (AvgIpc) is 2.48. The van der Waals surface area contributed by atoms with Crippen LogP contribution in [0.15, 0.2) is 41.3 Å². The smallest absolute Gasteiger partial charge is 0.344 e. The van der Waals surface area contributed by atoms with Crippen LogP contribution in [-0.4, -0.2) is 23.5 Å². The van der Waals surface area contributed by atoms with E-state index in [0.717, 1.165) is 12.1 Å². The van der Waals surface area contributed by atoms with Crippen LogP contribution in [0.4, 0.5) is 10.1 Å². The van der Waals surface area contributed by atoms with E-state index in [2.05, 4.69) is 10.3 Å². The van der Waals surface area contributed by atoms with Gasteiger partial charge in [-0.2, -0.15) is 0 Å². The molecule has 0 aliphatic rings. The number of pyridine rings is 1. The zero-order valence-electron chi connectivity index (χ0n) is 11.1. The third kappa shape index (κ3) is 3.92. The first-order valence-electron chi connectivity index (χ1n) is 6.07. The van der Waals surface area contributed by atoms with Crippen LogP contribution in [0.5, 0.6) is 0 Å². The van der Waals surface area contributed by atoms with Crippen molar-refractivity contribution >= 4 is 29.2 Å². The zero-order chi connectivity index (χ0) is 16.1. The van der Waals surface area contributed by atoms with Gasteiger partial charge in [-0.3, -0.25) is 9.59 Å². The van der Waals surface area contributed by atoms with Crippen LogP contribution in [-0.2, 0) is 9.53 Å². The van der Waals surface area contributed by atoms with Gasteiger partial charge in [-0.25, -0.2) is 9.18 Å². The van der Waals surface area contributed by atoms with E-state index >= 15 is 0 Å². The Hall–Kier alpha value is -2.67. The summed E-state index contributed by atoms with van der Waals surface area (Å²) in [5.74, 6) is -2.14. The number of hydrogen-bond acceptors (Lipinski definition) is 4. The summed E-state index contributed by atoms with van der Waals surface area (Å²) in [7, 11) is 0. The fourth-order valence-corrected chi connectivity index (χ4v) is 1.78. The highest BCUT2D eigenvalue weighted by molar-refractivity contribution is 6.33. The molecule has 0 fully saturated rings. The van der Waals surface area contributed by atoms with Crippen LogP contribution in [0.25, 0.3) is 0 Å². The normalized spacial score (nSPS) is 10.1. The van der Waals surface area contributed by atoms with Gasteiger partial charge in [0.15, 0.2) is 6.61 Å². The number of aromatic nitrogens is 1. The number of rotatable bonds is 4. The number of carbonyl (C=O) groups is 2. The molecule has 0 aliphatic heterocycles. The van der Waals surface area contributed by atoms with Crippen LogP contribution < -0.4 is 10.9 Å². The number of anilines is 1. The second-order valence-electron chi connectivity index (χ2n) is 4.16. The molecule has 0 saturated carbocycles. The molecule has 1 heterocycles. The van der Waals surface area contributed by atoms with E-state index in [4.69, 9.17) is 16.3 Å². The van der Waals surface area contributed by atoms with Gasteiger partial charge in [0.1, 0.15) is 11.4 Å². The van der Waals surface area contributed by atoms with Gasteiger partial charge in [0.2, 0.25) is 0 Å². The van der Waals surface area contributed by atoms with E-state index in [9.17, 15) is 18.8 Å². The summed E-state index contributed by atoms with van der Waals surface area (Å²) in [5, 5.41) is 2.37. The Morgan fingerprint density at radius 3 is 2.77 bits per heavy atom. The summed E-state index contributed by atoms with van der Waals surface area (Å²) in [6, 6.07) is 6.16. The standard InChI is InChI=1S/C14H10ClFN2O4/c15-10-6-8(16)3-4-11(10)18-12(19)7-22-14(21)9-2-1-5-17-13(9)20/h1-6H,7H2,(H,17,20)(H,18,19). The van der Waals surface area contributed by atoms with Crippen LogP contribution >= 0.6 is 11.6 Å². The predicted molar refractivity (Wildman–Crippen MR) is 77.4 cm³/mol. The number of aromatic amines is 1. The minimum atomic E-state index is -0.929. The van der Waals surface area contributed by atoms with Crippen molar-refractivity contribution in [2.75, 3.05) is 11.9 Å². The Balaban J connectivity index is 1.94. The molecular formula is C14H10ClFN2O4. The zero-order valence-corrected chi connectivity index (χ0v) is 11.8. The quantitative estimate of drug-likeness (QED) is 0.841. The van der Waals surface area contributed by atoms with E-state index in [1.165, 1.54) is 24.4 Å². The molecule has 0 atom stereocenters. The van der Waals surface area contributed by atoms with Crippen LogP contribution in [0.2, 0.25) is 5.02 Å². The largest absolute Gasteiger partial charge is 0.452 e. The van der Waals surface area contributed by atoms with Crippen molar-refractivity contribution in [2.24, 2.45) is 0 Å². The summed E-state index contributed by atoms with van der Waals surface area (Å²) < 4.78 is 17.6. The second-order valence-corrected chi connectivity index (χ2v) is 4.57. The fraction of sp³-hybridized carbons (Fsp3) is 0.0714. The Bertz CT molecular complexity index is 775. The number of benzene rings is 1. The highest BCUT2D eigenvalue weighted by Gasteiger charge is 2.14. The molecule has 6 nitrogen and oxygen atoms in total. The molecule has 2 N–H and O–H groups in total. The molecule has 2 rings (SSSR count). The molecule has 22 heavy (non-hydrogen) atoms. The third-order valence-corrected chi connectivity index (χ3v) is 2.89. The average molecular weight is 325 g/mol. The number of carbonyl (C=O) groups excluding carboxylic acids is 2. The lowest BCUT2D eigenvalue weighted by molar-refractivity contribution is -0.119. The van der Waals surface area contributed by atoms with Gasteiger partial charge >= 0.3 is 5.97 Å². The van der Waals surface area contributed by atoms with Crippen LogP contribution in [0.1, 0.15) is 10.4 Å². The number of halogens is 2. The van der Waals surface area contributed by atoms with Crippen molar-refractivity contribution in [1.29, 1.82) is 0 Å². The van der Waals surface area contributed by atoms with Crippen molar-refractivity contribution in [3.05, 3.63) is 63.3 Å². The van der Waals surface area contributed by atoms with Crippen molar-refractivity contribution in [3.63, 3.8) is 0 Å². The number of ether oxygens (including phenoxy) is 1. The second kappa shape index (κ2) is 6.86. The van der Waals surface area contributed by atoms with Gasteiger partial charge in [-0.1, -0.05) is 11.6 Å². The highest BCUT2D eigenvalue weighted by Crippen LogP contribution is 2.22. The topological polar surface area (TPSA) is 88.3 Å². The summed E-state index contributed by atoms with van der Waals surface area (Å²) in [4.78, 5) is 37.0. The molecule has 8 heteroatoms. The number of H-pyrrole nitrogens is 1. The number of hydrogen-bond donors (Lipinski definition) is 2. The Labute approximate surface area is 128 Å². The maximum absolute atomic E-state index is 12.9. The van der Waals surface area contributed by atoms with Crippen molar-refractivity contribution in [2.45, 2.75) is 0 Å². The molecule has 114 valence electrons. The summed E-state index contributed by atoms with van der Waals surface area (Å²) in [6.45, 7) is -0.610. The number of nitrogens with one attached hydrogen (secondary N) is 2. The van der Waals surface area contributed by atoms with Gasteiger partial charge in [-0.05, 0) is 30.3 Å². The lowest BCUT2D eigenvalue weighted by Crippen LogP contribution is -2.24. The SMILES string of the molecule is O=C(COC(=O)c1ccc[nH]c1=O)Nc1ccc(F)cc1Cl. The minimum absolute atomic E-state index is 0.0131. The first-order valence-corrected chi connectivity index (χ1v) is 6.45. The molecule has 0 radical (unpaired) electrons. The lowest BCUT2D eigenvalue weighted by atomic mass is 10.3. The third-order valence-electron chi connectivity index (χ3n) is 2.58. The minimum Gasteiger partial charge on any atom is -0.452 e. The molecule has 0 aliphatic carbocycles. The van der Waals surface area contributed by atoms with Crippen LogP contribution in [0.3, 0.4) is 0 Å². The van der Waals surface area contributed by atoms with Crippen molar-refractivity contribution in [1.82, 2.24) is 4.98 Å².